The fraction of sp³-hybridized carbons (Fsp3) is 0.667. The van der Waals surface area contributed by atoms with Gasteiger partial charge in [-0.15, -0.1) is 0 Å². The maximum atomic E-state index is 10.4. The Balaban J connectivity index is 3.85. The van der Waals surface area contributed by atoms with Crippen molar-refractivity contribution in [3.05, 3.63) is 12.2 Å². The molecule has 0 aliphatic rings. The Morgan fingerprint density at radius 2 is 1.91 bits per heavy atom. The second kappa shape index (κ2) is 4.16. The molecule has 1 atom stereocenters. The van der Waals surface area contributed by atoms with Gasteiger partial charge in [-0.05, 0) is 12.3 Å². The van der Waals surface area contributed by atoms with Gasteiger partial charge < -0.3 is 5.11 Å². The van der Waals surface area contributed by atoms with Gasteiger partial charge >= 0.3 is 5.97 Å². The zero-order valence-corrected chi connectivity index (χ0v) is 7.42. The van der Waals surface area contributed by atoms with Crippen LogP contribution in [0, 0.1) is 11.8 Å². The van der Waals surface area contributed by atoms with Crippen LogP contribution in [0.5, 0.6) is 0 Å². The van der Waals surface area contributed by atoms with Gasteiger partial charge in [0.2, 0.25) is 0 Å². The summed E-state index contributed by atoms with van der Waals surface area (Å²) in [4.78, 5) is 10.4. The molecule has 0 aromatic heterocycles. The highest BCUT2D eigenvalue weighted by molar-refractivity contribution is 5.69. The summed E-state index contributed by atoms with van der Waals surface area (Å²) >= 11 is 0. The van der Waals surface area contributed by atoms with E-state index >= 15 is 0 Å². The second-order valence-corrected chi connectivity index (χ2v) is 3.26. The normalized spacial score (nSPS) is 13.1. The van der Waals surface area contributed by atoms with Gasteiger partial charge in [-0.3, -0.25) is 4.79 Å². The van der Waals surface area contributed by atoms with E-state index in [0.29, 0.717) is 12.3 Å². The zero-order valence-electron chi connectivity index (χ0n) is 7.42. The van der Waals surface area contributed by atoms with E-state index in [1.165, 1.54) is 0 Å². The molecule has 0 amide bonds. The topological polar surface area (TPSA) is 37.3 Å². The molecule has 0 heterocycles. The SMILES string of the molecule is C=C(C[C@@H](C)C(=O)O)C(C)C. The van der Waals surface area contributed by atoms with Gasteiger partial charge in [0, 0.05) is 0 Å². The van der Waals surface area contributed by atoms with Crippen LogP contribution in [0.2, 0.25) is 0 Å². The number of carboxylic acids is 1. The Morgan fingerprint density at radius 1 is 1.45 bits per heavy atom. The van der Waals surface area contributed by atoms with Crippen LogP contribution in [0.1, 0.15) is 27.2 Å². The van der Waals surface area contributed by atoms with Crippen LogP contribution in [-0.4, -0.2) is 11.1 Å². The lowest BCUT2D eigenvalue weighted by Gasteiger charge is -2.11. The van der Waals surface area contributed by atoms with Gasteiger partial charge in [-0.25, -0.2) is 0 Å². The molecule has 0 rings (SSSR count). The Labute approximate surface area is 67.9 Å². The molecule has 0 aliphatic carbocycles. The smallest absolute Gasteiger partial charge is 0.306 e. The van der Waals surface area contributed by atoms with Crippen molar-refractivity contribution in [2.24, 2.45) is 11.8 Å². The molecule has 64 valence electrons. The molecule has 11 heavy (non-hydrogen) atoms. The highest BCUT2D eigenvalue weighted by Gasteiger charge is 2.13. The van der Waals surface area contributed by atoms with Crippen LogP contribution < -0.4 is 0 Å². The molecule has 1 N–H and O–H groups in total. The van der Waals surface area contributed by atoms with Gasteiger partial charge in [-0.1, -0.05) is 32.9 Å². The highest BCUT2D eigenvalue weighted by Crippen LogP contribution is 2.16. The minimum atomic E-state index is -0.744. The van der Waals surface area contributed by atoms with E-state index < -0.39 is 5.97 Å². The number of allylic oxidation sites excluding steroid dienone is 1. The van der Waals surface area contributed by atoms with E-state index in [9.17, 15) is 4.79 Å². The van der Waals surface area contributed by atoms with E-state index in [4.69, 9.17) is 5.11 Å². The van der Waals surface area contributed by atoms with Crippen molar-refractivity contribution in [2.45, 2.75) is 27.2 Å². The fourth-order valence-electron chi connectivity index (χ4n) is 0.716. The van der Waals surface area contributed by atoms with Crippen molar-refractivity contribution >= 4 is 5.97 Å². The Kier molecular flexibility index (Phi) is 3.86. The van der Waals surface area contributed by atoms with Crippen LogP contribution in [-0.2, 0) is 4.79 Å². The minimum Gasteiger partial charge on any atom is -0.481 e. The van der Waals surface area contributed by atoms with E-state index in [-0.39, 0.29) is 5.92 Å². The van der Waals surface area contributed by atoms with Gasteiger partial charge in [0.05, 0.1) is 5.92 Å². The first-order valence-corrected chi connectivity index (χ1v) is 3.85. The number of carboxylic acid groups (broad SMARTS) is 1. The number of hydrogen-bond acceptors (Lipinski definition) is 1. The summed E-state index contributed by atoms with van der Waals surface area (Å²) in [5.41, 5.74) is 1.01. The largest absolute Gasteiger partial charge is 0.481 e. The van der Waals surface area contributed by atoms with Crippen molar-refractivity contribution in [1.82, 2.24) is 0 Å². The molecule has 2 nitrogen and oxygen atoms in total. The van der Waals surface area contributed by atoms with Gasteiger partial charge in [0.15, 0.2) is 0 Å². The maximum Gasteiger partial charge on any atom is 0.306 e. The maximum absolute atomic E-state index is 10.4. The minimum absolute atomic E-state index is 0.301. The Bertz CT molecular complexity index is 159. The molecule has 0 bridgehead atoms. The predicted molar refractivity (Wildman–Crippen MR) is 45.4 cm³/mol. The van der Waals surface area contributed by atoms with Crippen LogP contribution >= 0.6 is 0 Å². The first kappa shape index (κ1) is 10.2. The lowest BCUT2D eigenvalue weighted by Crippen LogP contribution is -2.11. The third-order valence-corrected chi connectivity index (χ3v) is 1.81. The summed E-state index contributed by atoms with van der Waals surface area (Å²) in [7, 11) is 0. The van der Waals surface area contributed by atoms with Crippen LogP contribution in [0.3, 0.4) is 0 Å². The van der Waals surface area contributed by atoms with Crippen molar-refractivity contribution < 1.29 is 9.90 Å². The number of rotatable bonds is 4. The Hall–Kier alpha value is -0.790. The summed E-state index contributed by atoms with van der Waals surface area (Å²) in [5.74, 6) is -0.659. The van der Waals surface area contributed by atoms with Crippen molar-refractivity contribution in [1.29, 1.82) is 0 Å². The second-order valence-electron chi connectivity index (χ2n) is 3.26. The van der Waals surface area contributed by atoms with Gasteiger partial charge in [-0.2, -0.15) is 0 Å². The van der Waals surface area contributed by atoms with Crippen LogP contribution in [0.4, 0.5) is 0 Å². The third-order valence-electron chi connectivity index (χ3n) is 1.81. The van der Waals surface area contributed by atoms with Gasteiger partial charge in [0.1, 0.15) is 0 Å². The number of carbonyl (C=O) groups is 1. The molecule has 0 fully saturated rings. The van der Waals surface area contributed by atoms with Crippen molar-refractivity contribution in [3.8, 4) is 0 Å². The van der Waals surface area contributed by atoms with Crippen LogP contribution in [0.15, 0.2) is 12.2 Å². The lowest BCUT2D eigenvalue weighted by molar-refractivity contribution is -0.141. The lowest BCUT2D eigenvalue weighted by atomic mass is 9.95. The number of aliphatic carboxylic acids is 1. The quantitative estimate of drug-likeness (QED) is 0.634. The van der Waals surface area contributed by atoms with Crippen LogP contribution in [0.25, 0.3) is 0 Å². The molecule has 0 saturated heterocycles. The molecule has 0 aliphatic heterocycles. The zero-order chi connectivity index (χ0) is 9.02. The molecule has 0 radical (unpaired) electrons. The first-order chi connectivity index (χ1) is 4.95. The third kappa shape index (κ3) is 3.81. The molecular formula is C9H16O2. The fourth-order valence-corrected chi connectivity index (χ4v) is 0.716. The predicted octanol–water partition coefficient (Wildman–Crippen LogP) is 2.31. The monoisotopic (exact) mass is 156 g/mol. The van der Waals surface area contributed by atoms with E-state index in [0.717, 1.165) is 5.57 Å². The summed E-state index contributed by atoms with van der Waals surface area (Å²) < 4.78 is 0. The van der Waals surface area contributed by atoms with E-state index in [2.05, 4.69) is 6.58 Å². The summed E-state index contributed by atoms with van der Waals surface area (Å²) in [6, 6.07) is 0. The summed E-state index contributed by atoms with van der Waals surface area (Å²) in [6.07, 6.45) is 0.590. The molecule has 0 unspecified atom stereocenters. The summed E-state index contributed by atoms with van der Waals surface area (Å²) in [5, 5.41) is 8.57. The standard InChI is InChI=1S/C9H16O2/c1-6(2)7(3)5-8(4)9(10)11/h6,8H,3,5H2,1-2,4H3,(H,10,11)/t8-/m1/s1. The van der Waals surface area contributed by atoms with Gasteiger partial charge in [0.25, 0.3) is 0 Å². The van der Waals surface area contributed by atoms with E-state index in [1.807, 2.05) is 13.8 Å². The number of hydrogen-bond donors (Lipinski definition) is 1. The average molecular weight is 156 g/mol. The highest BCUT2D eigenvalue weighted by atomic mass is 16.4. The first-order valence-electron chi connectivity index (χ1n) is 3.85. The Morgan fingerprint density at radius 3 is 2.18 bits per heavy atom. The molecule has 0 spiro atoms. The molecule has 0 aromatic carbocycles. The molecular weight excluding hydrogens is 140 g/mol. The molecule has 0 saturated carbocycles. The van der Waals surface area contributed by atoms with E-state index in [1.54, 1.807) is 6.92 Å². The molecule has 0 aromatic rings. The van der Waals surface area contributed by atoms with Crippen molar-refractivity contribution in [3.63, 3.8) is 0 Å². The molecule has 2 heteroatoms. The van der Waals surface area contributed by atoms with Crippen molar-refractivity contribution in [2.75, 3.05) is 0 Å². The summed E-state index contributed by atoms with van der Waals surface area (Å²) in [6.45, 7) is 9.57. The average Bonchev–Trinajstić information content (AvgIpc) is 1.87.